The van der Waals surface area contributed by atoms with Crippen LogP contribution in [0.3, 0.4) is 0 Å². The van der Waals surface area contributed by atoms with Crippen LogP contribution in [0.4, 0.5) is 0 Å². The van der Waals surface area contributed by atoms with E-state index in [1.807, 2.05) is 13.8 Å². The van der Waals surface area contributed by atoms with Gasteiger partial charge >= 0.3 is 0 Å². The van der Waals surface area contributed by atoms with Gasteiger partial charge in [0.15, 0.2) is 0 Å². The van der Waals surface area contributed by atoms with Gasteiger partial charge in [-0.25, -0.2) is 8.42 Å². The first-order chi connectivity index (χ1) is 8.47. The summed E-state index contributed by atoms with van der Waals surface area (Å²) in [4.78, 5) is 0. The Hall–Kier alpha value is -0.170. The molecule has 0 aromatic heterocycles. The number of piperidine rings is 1. The van der Waals surface area contributed by atoms with E-state index < -0.39 is 10.0 Å². The summed E-state index contributed by atoms with van der Waals surface area (Å²) in [6.07, 6.45) is 3.43. The molecule has 1 N–H and O–H groups in total. The molecule has 0 spiro atoms. The second kappa shape index (κ2) is 7.43. The molecule has 0 saturated carbocycles. The van der Waals surface area contributed by atoms with Crippen LogP contribution in [-0.2, 0) is 14.8 Å². The van der Waals surface area contributed by atoms with Gasteiger partial charge in [-0.3, -0.25) is 0 Å². The summed E-state index contributed by atoms with van der Waals surface area (Å²) in [6.45, 7) is 5.67. The standard InChI is InChI=1S/C12H26N2O3S/c1-11(2)14(18(15,16)9-8-17-3)10-12-6-4-5-7-13-12/h11-13H,4-10H2,1-3H3. The molecule has 0 aliphatic carbocycles. The van der Waals surface area contributed by atoms with Crippen molar-refractivity contribution in [3.8, 4) is 0 Å². The lowest BCUT2D eigenvalue weighted by atomic mass is 10.1. The van der Waals surface area contributed by atoms with Gasteiger partial charge in [-0.1, -0.05) is 6.42 Å². The predicted octanol–water partition coefficient (Wildman–Crippen LogP) is 0.815. The third-order valence-electron chi connectivity index (χ3n) is 3.29. The van der Waals surface area contributed by atoms with Crippen LogP contribution >= 0.6 is 0 Å². The van der Waals surface area contributed by atoms with E-state index >= 15 is 0 Å². The van der Waals surface area contributed by atoms with Crippen LogP contribution in [0.2, 0.25) is 0 Å². The van der Waals surface area contributed by atoms with Crippen molar-refractivity contribution >= 4 is 10.0 Å². The molecule has 1 rings (SSSR count). The first kappa shape index (κ1) is 15.9. The van der Waals surface area contributed by atoms with Crippen molar-refractivity contribution in [2.24, 2.45) is 0 Å². The molecule has 0 amide bonds. The Balaban J connectivity index is 2.63. The maximum absolute atomic E-state index is 12.2. The first-order valence-corrected chi connectivity index (χ1v) is 8.30. The number of nitrogens with one attached hydrogen (secondary N) is 1. The minimum Gasteiger partial charge on any atom is -0.384 e. The summed E-state index contributed by atoms with van der Waals surface area (Å²) < 4.78 is 30.9. The first-order valence-electron chi connectivity index (χ1n) is 6.69. The third-order valence-corrected chi connectivity index (χ3v) is 5.26. The summed E-state index contributed by atoms with van der Waals surface area (Å²) in [5, 5.41) is 3.40. The molecular formula is C12H26N2O3S. The zero-order valence-electron chi connectivity index (χ0n) is 11.7. The molecule has 0 aromatic rings. The van der Waals surface area contributed by atoms with Gasteiger partial charge in [0.25, 0.3) is 0 Å². The van der Waals surface area contributed by atoms with E-state index in [1.165, 1.54) is 20.0 Å². The minimum absolute atomic E-state index is 0.00409. The van der Waals surface area contributed by atoms with Gasteiger partial charge in [0.05, 0.1) is 12.4 Å². The Morgan fingerprint density at radius 3 is 2.61 bits per heavy atom. The molecule has 1 aliphatic rings. The number of ether oxygens (including phenoxy) is 1. The largest absolute Gasteiger partial charge is 0.384 e. The Labute approximate surface area is 111 Å². The molecule has 0 aromatic carbocycles. The van der Waals surface area contributed by atoms with E-state index in [-0.39, 0.29) is 18.4 Å². The third kappa shape index (κ3) is 4.84. The lowest BCUT2D eigenvalue weighted by Gasteiger charge is -2.32. The van der Waals surface area contributed by atoms with Gasteiger partial charge in [0.2, 0.25) is 10.0 Å². The summed E-state index contributed by atoms with van der Waals surface area (Å²) in [5.41, 5.74) is 0. The highest BCUT2D eigenvalue weighted by molar-refractivity contribution is 7.89. The van der Waals surface area contributed by atoms with E-state index in [1.54, 1.807) is 4.31 Å². The maximum Gasteiger partial charge on any atom is 0.216 e. The molecule has 18 heavy (non-hydrogen) atoms. The molecule has 1 heterocycles. The Morgan fingerprint density at radius 1 is 1.39 bits per heavy atom. The molecule has 0 bridgehead atoms. The molecule has 1 aliphatic heterocycles. The number of hydrogen-bond acceptors (Lipinski definition) is 4. The van der Waals surface area contributed by atoms with E-state index in [9.17, 15) is 8.42 Å². The normalized spacial score (nSPS) is 21.7. The molecule has 1 unspecified atom stereocenters. The van der Waals surface area contributed by atoms with Crippen LogP contribution in [0.25, 0.3) is 0 Å². The summed E-state index contributed by atoms with van der Waals surface area (Å²) >= 11 is 0. The number of sulfonamides is 1. The fraction of sp³-hybridized carbons (Fsp3) is 1.00. The van der Waals surface area contributed by atoms with E-state index in [0.717, 1.165) is 13.0 Å². The van der Waals surface area contributed by atoms with Crippen molar-refractivity contribution in [2.75, 3.05) is 32.6 Å². The Kier molecular flexibility index (Phi) is 6.55. The molecular weight excluding hydrogens is 252 g/mol. The summed E-state index contributed by atoms with van der Waals surface area (Å²) in [5.74, 6) is 0.0639. The quantitative estimate of drug-likeness (QED) is 0.749. The van der Waals surface area contributed by atoms with Crippen LogP contribution in [0, 0.1) is 0 Å². The van der Waals surface area contributed by atoms with Crippen molar-refractivity contribution in [3.05, 3.63) is 0 Å². The van der Waals surface area contributed by atoms with Crippen molar-refractivity contribution in [1.82, 2.24) is 9.62 Å². The van der Waals surface area contributed by atoms with Gasteiger partial charge < -0.3 is 10.1 Å². The van der Waals surface area contributed by atoms with Crippen molar-refractivity contribution < 1.29 is 13.2 Å². The van der Waals surface area contributed by atoms with Crippen molar-refractivity contribution in [3.63, 3.8) is 0 Å². The second-order valence-electron chi connectivity index (χ2n) is 5.12. The molecule has 108 valence electrons. The van der Waals surface area contributed by atoms with Gasteiger partial charge in [0.1, 0.15) is 0 Å². The molecule has 5 nitrogen and oxygen atoms in total. The lowest BCUT2D eigenvalue weighted by Crippen LogP contribution is -2.49. The Morgan fingerprint density at radius 2 is 2.11 bits per heavy atom. The van der Waals surface area contributed by atoms with E-state index in [2.05, 4.69) is 5.32 Å². The average molecular weight is 278 g/mol. The van der Waals surface area contributed by atoms with Gasteiger partial charge in [-0.15, -0.1) is 0 Å². The molecule has 0 radical (unpaired) electrons. The van der Waals surface area contributed by atoms with Crippen LogP contribution in [0.15, 0.2) is 0 Å². The highest BCUT2D eigenvalue weighted by Gasteiger charge is 2.27. The summed E-state index contributed by atoms with van der Waals surface area (Å²) in [6, 6.07) is 0.286. The molecule has 1 fully saturated rings. The summed E-state index contributed by atoms with van der Waals surface area (Å²) in [7, 11) is -1.69. The van der Waals surface area contributed by atoms with Crippen molar-refractivity contribution in [1.29, 1.82) is 0 Å². The highest BCUT2D eigenvalue weighted by atomic mass is 32.2. The average Bonchev–Trinajstić information content (AvgIpc) is 2.34. The topological polar surface area (TPSA) is 58.6 Å². The van der Waals surface area contributed by atoms with Crippen LogP contribution in [-0.4, -0.2) is 57.4 Å². The number of hydrogen-bond donors (Lipinski definition) is 1. The maximum atomic E-state index is 12.2. The van der Waals surface area contributed by atoms with Gasteiger partial charge in [0, 0.05) is 25.7 Å². The molecule has 1 saturated heterocycles. The predicted molar refractivity (Wildman–Crippen MR) is 73.1 cm³/mol. The number of rotatable bonds is 7. The van der Waals surface area contributed by atoms with Gasteiger partial charge in [-0.2, -0.15) is 4.31 Å². The lowest BCUT2D eigenvalue weighted by molar-refractivity contribution is 0.213. The monoisotopic (exact) mass is 278 g/mol. The van der Waals surface area contributed by atoms with Gasteiger partial charge in [-0.05, 0) is 33.2 Å². The number of methoxy groups -OCH3 is 1. The smallest absolute Gasteiger partial charge is 0.216 e. The fourth-order valence-electron chi connectivity index (χ4n) is 2.25. The SMILES string of the molecule is COCCS(=O)(=O)N(CC1CCCCN1)C(C)C. The zero-order chi connectivity index (χ0) is 13.6. The Bertz CT molecular complexity index is 324. The second-order valence-corrected chi connectivity index (χ2v) is 7.16. The fourth-order valence-corrected chi connectivity index (χ4v) is 3.91. The van der Waals surface area contributed by atoms with E-state index in [0.29, 0.717) is 12.6 Å². The molecule has 1 atom stereocenters. The van der Waals surface area contributed by atoms with Crippen LogP contribution in [0.5, 0.6) is 0 Å². The molecule has 6 heteroatoms. The van der Waals surface area contributed by atoms with Crippen molar-refractivity contribution in [2.45, 2.75) is 45.2 Å². The highest BCUT2D eigenvalue weighted by Crippen LogP contribution is 2.14. The zero-order valence-corrected chi connectivity index (χ0v) is 12.5. The van der Waals surface area contributed by atoms with E-state index in [4.69, 9.17) is 4.74 Å². The van der Waals surface area contributed by atoms with Crippen LogP contribution in [0.1, 0.15) is 33.1 Å². The van der Waals surface area contributed by atoms with Crippen LogP contribution < -0.4 is 5.32 Å². The number of nitrogens with zero attached hydrogens (tertiary/aromatic N) is 1. The minimum atomic E-state index is -3.21.